The molecule has 3 unspecified atom stereocenters. The molecule has 0 bridgehead atoms. The highest BCUT2D eigenvalue weighted by atomic mass is 16.5. The fourth-order valence-electron chi connectivity index (χ4n) is 3.25. The van der Waals surface area contributed by atoms with Gasteiger partial charge in [-0.1, -0.05) is 52.7 Å². The topological polar surface area (TPSA) is 35.2 Å². The van der Waals surface area contributed by atoms with Crippen LogP contribution in [0.15, 0.2) is 24.3 Å². The molecule has 3 atom stereocenters. The lowest BCUT2D eigenvalue weighted by molar-refractivity contribution is 0.0993. The SMILES string of the molecule is CCCC1CCC(N)C(Oc2ccc(C(C)(C)C)cc2)C1. The quantitative estimate of drug-likeness (QED) is 0.875. The van der Waals surface area contributed by atoms with Gasteiger partial charge in [0.05, 0.1) is 0 Å². The summed E-state index contributed by atoms with van der Waals surface area (Å²) >= 11 is 0. The molecule has 21 heavy (non-hydrogen) atoms. The molecule has 0 amide bonds. The van der Waals surface area contributed by atoms with Crippen LogP contribution in [-0.2, 0) is 5.41 Å². The number of nitrogens with two attached hydrogens (primary N) is 1. The van der Waals surface area contributed by atoms with Crippen LogP contribution in [0.3, 0.4) is 0 Å². The molecule has 2 nitrogen and oxygen atoms in total. The number of ether oxygens (including phenoxy) is 1. The van der Waals surface area contributed by atoms with Crippen molar-refractivity contribution in [3.63, 3.8) is 0 Å². The van der Waals surface area contributed by atoms with E-state index < -0.39 is 0 Å². The van der Waals surface area contributed by atoms with E-state index in [1.807, 2.05) is 0 Å². The molecule has 0 heterocycles. The van der Waals surface area contributed by atoms with Crippen molar-refractivity contribution in [2.24, 2.45) is 11.7 Å². The lowest BCUT2D eigenvalue weighted by Crippen LogP contribution is -2.43. The molecule has 0 aromatic heterocycles. The third-order valence-corrected chi connectivity index (χ3v) is 4.66. The van der Waals surface area contributed by atoms with Crippen molar-refractivity contribution in [1.82, 2.24) is 0 Å². The number of hydrogen-bond donors (Lipinski definition) is 1. The fraction of sp³-hybridized carbons (Fsp3) is 0.684. The second-order valence-electron chi connectivity index (χ2n) is 7.56. The molecule has 118 valence electrons. The highest BCUT2D eigenvalue weighted by Crippen LogP contribution is 2.31. The van der Waals surface area contributed by atoms with Gasteiger partial charge in [-0.3, -0.25) is 0 Å². The number of rotatable bonds is 4. The zero-order valence-corrected chi connectivity index (χ0v) is 14.1. The van der Waals surface area contributed by atoms with Gasteiger partial charge in [0.25, 0.3) is 0 Å². The summed E-state index contributed by atoms with van der Waals surface area (Å²) in [7, 11) is 0. The summed E-state index contributed by atoms with van der Waals surface area (Å²) in [4.78, 5) is 0. The van der Waals surface area contributed by atoms with E-state index in [4.69, 9.17) is 10.5 Å². The van der Waals surface area contributed by atoms with Crippen molar-refractivity contribution in [3.05, 3.63) is 29.8 Å². The first-order valence-electron chi connectivity index (χ1n) is 8.43. The minimum absolute atomic E-state index is 0.177. The molecule has 1 aromatic carbocycles. The van der Waals surface area contributed by atoms with Crippen LogP contribution < -0.4 is 10.5 Å². The number of hydrogen-bond acceptors (Lipinski definition) is 2. The standard InChI is InChI=1S/C19H31NO/c1-5-6-14-7-12-17(20)18(13-14)21-16-10-8-15(9-11-16)19(2,3)4/h8-11,14,17-18H,5-7,12-13,20H2,1-4H3. The molecular formula is C19H31NO. The Balaban J connectivity index is 1.99. The number of benzene rings is 1. The zero-order chi connectivity index (χ0) is 15.5. The summed E-state index contributed by atoms with van der Waals surface area (Å²) in [6.45, 7) is 8.95. The van der Waals surface area contributed by atoms with Crippen molar-refractivity contribution in [2.75, 3.05) is 0 Å². The normalized spacial score (nSPS) is 26.6. The van der Waals surface area contributed by atoms with Crippen LogP contribution in [0, 0.1) is 5.92 Å². The molecular weight excluding hydrogens is 258 g/mol. The van der Waals surface area contributed by atoms with Gasteiger partial charge in [0, 0.05) is 6.04 Å². The Kier molecular flexibility index (Phi) is 5.32. The summed E-state index contributed by atoms with van der Waals surface area (Å²) in [6, 6.07) is 8.72. The van der Waals surface area contributed by atoms with Gasteiger partial charge in [-0.25, -0.2) is 0 Å². The van der Waals surface area contributed by atoms with Crippen LogP contribution in [0.25, 0.3) is 0 Å². The predicted molar refractivity (Wildman–Crippen MR) is 89.8 cm³/mol. The summed E-state index contributed by atoms with van der Waals surface area (Å²) in [5, 5.41) is 0. The molecule has 1 aliphatic carbocycles. The second kappa shape index (κ2) is 6.83. The molecule has 1 saturated carbocycles. The first kappa shape index (κ1) is 16.4. The second-order valence-corrected chi connectivity index (χ2v) is 7.56. The van der Waals surface area contributed by atoms with E-state index >= 15 is 0 Å². The molecule has 0 radical (unpaired) electrons. The highest BCUT2D eigenvalue weighted by Gasteiger charge is 2.29. The minimum Gasteiger partial charge on any atom is -0.489 e. The Bertz CT molecular complexity index is 432. The molecule has 1 aliphatic rings. The van der Waals surface area contributed by atoms with Gasteiger partial charge < -0.3 is 10.5 Å². The molecule has 2 heteroatoms. The Morgan fingerprint density at radius 3 is 2.38 bits per heavy atom. The third-order valence-electron chi connectivity index (χ3n) is 4.66. The van der Waals surface area contributed by atoms with Gasteiger partial charge in [-0.05, 0) is 48.3 Å². The van der Waals surface area contributed by atoms with Crippen molar-refractivity contribution in [2.45, 2.75) is 77.4 Å². The minimum atomic E-state index is 0.177. The van der Waals surface area contributed by atoms with Crippen LogP contribution >= 0.6 is 0 Å². The molecule has 0 saturated heterocycles. The Hall–Kier alpha value is -1.02. The predicted octanol–water partition coefficient (Wildman–Crippen LogP) is 4.66. The molecule has 0 spiro atoms. The van der Waals surface area contributed by atoms with E-state index in [-0.39, 0.29) is 17.6 Å². The average Bonchev–Trinajstić information content (AvgIpc) is 2.42. The van der Waals surface area contributed by atoms with Gasteiger partial charge in [0.15, 0.2) is 0 Å². The average molecular weight is 289 g/mol. The van der Waals surface area contributed by atoms with Crippen LogP contribution in [0.4, 0.5) is 0 Å². The zero-order valence-electron chi connectivity index (χ0n) is 14.1. The summed E-state index contributed by atoms with van der Waals surface area (Å²) < 4.78 is 6.19. The van der Waals surface area contributed by atoms with E-state index in [0.717, 1.165) is 24.5 Å². The maximum Gasteiger partial charge on any atom is 0.119 e. The monoisotopic (exact) mass is 289 g/mol. The molecule has 2 N–H and O–H groups in total. The van der Waals surface area contributed by atoms with E-state index in [0.29, 0.717) is 0 Å². The molecule has 1 aromatic rings. The van der Waals surface area contributed by atoms with Gasteiger partial charge in [-0.15, -0.1) is 0 Å². The first-order chi connectivity index (χ1) is 9.90. The van der Waals surface area contributed by atoms with E-state index in [9.17, 15) is 0 Å². The highest BCUT2D eigenvalue weighted by molar-refractivity contribution is 5.31. The lowest BCUT2D eigenvalue weighted by atomic mass is 9.82. The van der Waals surface area contributed by atoms with Crippen molar-refractivity contribution >= 4 is 0 Å². The van der Waals surface area contributed by atoms with E-state index in [1.54, 1.807) is 0 Å². The van der Waals surface area contributed by atoms with Gasteiger partial charge in [-0.2, -0.15) is 0 Å². The van der Waals surface area contributed by atoms with Crippen molar-refractivity contribution in [1.29, 1.82) is 0 Å². The molecule has 2 rings (SSSR count). The lowest BCUT2D eigenvalue weighted by Gasteiger charge is -2.34. The summed E-state index contributed by atoms with van der Waals surface area (Å²) in [5.74, 6) is 1.74. The van der Waals surface area contributed by atoms with E-state index in [2.05, 4.69) is 52.0 Å². The fourth-order valence-corrected chi connectivity index (χ4v) is 3.25. The van der Waals surface area contributed by atoms with Crippen LogP contribution in [0.1, 0.15) is 65.4 Å². The summed E-state index contributed by atoms with van der Waals surface area (Å²) in [5.41, 5.74) is 7.79. The Labute approximate surface area is 130 Å². The van der Waals surface area contributed by atoms with Gasteiger partial charge >= 0.3 is 0 Å². The summed E-state index contributed by atoms with van der Waals surface area (Å²) in [6.07, 6.45) is 6.20. The van der Waals surface area contributed by atoms with Gasteiger partial charge in [0.2, 0.25) is 0 Å². The largest absolute Gasteiger partial charge is 0.489 e. The molecule has 1 fully saturated rings. The third kappa shape index (κ3) is 4.47. The van der Waals surface area contributed by atoms with Crippen LogP contribution in [0.5, 0.6) is 5.75 Å². The van der Waals surface area contributed by atoms with Gasteiger partial charge in [0.1, 0.15) is 11.9 Å². The Morgan fingerprint density at radius 2 is 1.81 bits per heavy atom. The van der Waals surface area contributed by atoms with E-state index in [1.165, 1.54) is 24.8 Å². The van der Waals surface area contributed by atoms with Crippen molar-refractivity contribution in [3.8, 4) is 5.75 Å². The molecule has 0 aliphatic heterocycles. The van der Waals surface area contributed by atoms with Crippen LogP contribution in [0.2, 0.25) is 0 Å². The smallest absolute Gasteiger partial charge is 0.119 e. The Morgan fingerprint density at radius 1 is 1.14 bits per heavy atom. The maximum absolute atomic E-state index is 6.26. The maximum atomic E-state index is 6.26. The first-order valence-corrected chi connectivity index (χ1v) is 8.43. The van der Waals surface area contributed by atoms with Crippen LogP contribution in [-0.4, -0.2) is 12.1 Å². The van der Waals surface area contributed by atoms with Crippen molar-refractivity contribution < 1.29 is 4.74 Å².